The number of fused-ring (bicyclic) bond motifs is 3. The molecule has 0 bridgehead atoms. The Kier molecular flexibility index (Phi) is 6.15. The van der Waals surface area contributed by atoms with Crippen LogP contribution in [0.2, 0.25) is 0 Å². The Bertz CT molecular complexity index is 746. The Balaban J connectivity index is 1.57. The van der Waals surface area contributed by atoms with Crippen molar-refractivity contribution in [3.8, 4) is 11.5 Å². The summed E-state index contributed by atoms with van der Waals surface area (Å²) in [7, 11) is 1.67. The van der Waals surface area contributed by atoms with E-state index in [1.54, 1.807) is 7.11 Å². The van der Waals surface area contributed by atoms with Crippen LogP contribution in [0.25, 0.3) is 0 Å². The molecule has 1 N–H and O–H groups in total. The summed E-state index contributed by atoms with van der Waals surface area (Å²) >= 11 is 3.78. The molecule has 1 aromatic carbocycles. The summed E-state index contributed by atoms with van der Waals surface area (Å²) in [6, 6.07) is 2.24. The van der Waals surface area contributed by atoms with E-state index in [9.17, 15) is 5.11 Å². The number of benzene rings is 1. The Morgan fingerprint density at radius 2 is 2.10 bits per heavy atom. The van der Waals surface area contributed by atoms with Gasteiger partial charge < -0.3 is 24.1 Å². The second-order valence-corrected chi connectivity index (χ2v) is 10.0. The molecule has 0 saturated carbocycles. The number of rotatable bonds is 5. The molecule has 0 aromatic heterocycles. The van der Waals surface area contributed by atoms with E-state index in [0.29, 0.717) is 13.0 Å². The lowest BCUT2D eigenvalue weighted by Crippen LogP contribution is -2.53. The Morgan fingerprint density at radius 1 is 1.34 bits per heavy atom. The van der Waals surface area contributed by atoms with Crippen LogP contribution in [0.3, 0.4) is 0 Å². The molecule has 1 aromatic rings. The Labute approximate surface area is 181 Å². The zero-order valence-corrected chi connectivity index (χ0v) is 19.3. The van der Waals surface area contributed by atoms with Crippen LogP contribution < -0.4 is 9.47 Å². The Hall–Kier alpha value is -0.860. The van der Waals surface area contributed by atoms with Crippen LogP contribution in [-0.4, -0.2) is 67.3 Å². The number of methoxy groups -OCH3 is 1. The van der Waals surface area contributed by atoms with Crippen molar-refractivity contribution in [1.82, 2.24) is 4.90 Å². The van der Waals surface area contributed by atoms with Crippen molar-refractivity contribution in [3.63, 3.8) is 0 Å². The van der Waals surface area contributed by atoms with Crippen LogP contribution in [0.15, 0.2) is 10.5 Å². The van der Waals surface area contributed by atoms with Crippen molar-refractivity contribution in [2.24, 2.45) is 0 Å². The van der Waals surface area contributed by atoms with Crippen LogP contribution in [0.1, 0.15) is 50.8 Å². The van der Waals surface area contributed by atoms with E-state index < -0.39 is 6.10 Å². The van der Waals surface area contributed by atoms with Crippen LogP contribution in [0.4, 0.5) is 0 Å². The topological polar surface area (TPSA) is 60.4 Å². The van der Waals surface area contributed by atoms with E-state index >= 15 is 0 Å². The molecule has 0 unspecified atom stereocenters. The number of hydrogen-bond acceptors (Lipinski definition) is 6. The van der Waals surface area contributed by atoms with Gasteiger partial charge in [0.15, 0.2) is 11.5 Å². The van der Waals surface area contributed by atoms with Crippen LogP contribution >= 0.6 is 15.9 Å². The summed E-state index contributed by atoms with van der Waals surface area (Å²) in [4.78, 5) is 2.43. The van der Waals surface area contributed by atoms with E-state index in [-0.39, 0.29) is 23.9 Å². The second kappa shape index (κ2) is 8.35. The SMILES string of the molecule is COc1cc2c(c(Br)c1OC[C@H]1CCO1)CCN1C[C@@H](OC(C)(C)C)[C@H](O)C[C@H]21. The van der Waals surface area contributed by atoms with Crippen molar-refractivity contribution in [2.45, 2.75) is 70.0 Å². The number of nitrogens with zero attached hydrogens (tertiary/aromatic N) is 1. The highest BCUT2D eigenvalue weighted by atomic mass is 79.9. The zero-order chi connectivity index (χ0) is 20.8. The average Bonchev–Trinajstić information content (AvgIpc) is 2.61. The molecule has 3 heterocycles. The summed E-state index contributed by atoms with van der Waals surface area (Å²) < 4.78 is 24.3. The summed E-state index contributed by atoms with van der Waals surface area (Å²) in [5.41, 5.74) is 2.19. The molecule has 4 atom stereocenters. The molecule has 0 aliphatic carbocycles. The average molecular weight is 470 g/mol. The third-order valence-electron chi connectivity index (χ3n) is 6.01. The van der Waals surface area contributed by atoms with E-state index in [1.807, 2.05) is 20.8 Å². The number of hydrogen-bond donors (Lipinski definition) is 1. The molecule has 3 aliphatic heterocycles. The molecular weight excluding hydrogens is 438 g/mol. The lowest BCUT2D eigenvalue weighted by atomic mass is 9.84. The predicted molar refractivity (Wildman–Crippen MR) is 114 cm³/mol. The maximum absolute atomic E-state index is 10.8. The molecule has 29 heavy (non-hydrogen) atoms. The van der Waals surface area contributed by atoms with E-state index in [4.69, 9.17) is 18.9 Å². The van der Waals surface area contributed by atoms with E-state index in [2.05, 4.69) is 26.9 Å². The minimum Gasteiger partial charge on any atom is -0.493 e. The van der Waals surface area contributed by atoms with E-state index in [1.165, 1.54) is 11.1 Å². The normalized spacial score (nSPS) is 29.6. The largest absolute Gasteiger partial charge is 0.493 e. The van der Waals surface area contributed by atoms with Gasteiger partial charge in [0.25, 0.3) is 0 Å². The summed E-state index contributed by atoms with van der Waals surface area (Å²) in [5, 5.41) is 10.8. The number of aliphatic hydroxyl groups excluding tert-OH is 1. The van der Waals surface area contributed by atoms with Gasteiger partial charge in [-0.25, -0.2) is 0 Å². The first-order valence-electron chi connectivity index (χ1n) is 10.5. The van der Waals surface area contributed by atoms with Crippen LogP contribution in [-0.2, 0) is 15.9 Å². The molecule has 0 radical (unpaired) electrons. The number of piperidine rings is 1. The second-order valence-electron chi connectivity index (χ2n) is 9.21. The number of ether oxygens (including phenoxy) is 4. The first kappa shape index (κ1) is 21.4. The zero-order valence-electron chi connectivity index (χ0n) is 17.7. The summed E-state index contributed by atoms with van der Waals surface area (Å²) in [6.07, 6.45) is 2.13. The van der Waals surface area contributed by atoms with Gasteiger partial charge in [-0.15, -0.1) is 0 Å². The van der Waals surface area contributed by atoms with Crippen molar-refractivity contribution in [2.75, 3.05) is 33.4 Å². The number of aliphatic hydroxyl groups is 1. The monoisotopic (exact) mass is 469 g/mol. The molecule has 0 spiro atoms. The highest BCUT2D eigenvalue weighted by molar-refractivity contribution is 9.10. The molecule has 162 valence electrons. The maximum atomic E-state index is 10.8. The molecule has 7 heteroatoms. The quantitative estimate of drug-likeness (QED) is 0.712. The fraction of sp³-hybridized carbons (Fsp3) is 0.727. The smallest absolute Gasteiger partial charge is 0.175 e. The standard InChI is InChI=1S/C22H32BrNO5/c1-22(2,3)29-19-11-24-7-5-14-15(16(24)10-17(19)25)9-18(26-4)21(20(14)23)28-12-13-6-8-27-13/h9,13,16-17,19,25H,5-8,10-12H2,1-4H3/t13-,16-,17-,19-/m1/s1. The third kappa shape index (κ3) is 4.44. The molecule has 2 saturated heterocycles. The first-order chi connectivity index (χ1) is 13.8. The minimum absolute atomic E-state index is 0.155. The van der Waals surface area contributed by atoms with Gasteiger partial charge in [0.2, 0.25) is 0 Å². The first-order valence-corrected chi connectivity index (χ1v) is 11.3. The maximum Gasteiger partial charge on any atom is 0.175 e. The van der Waals surface area contributed by atoms with Gasteiger partial charge in [-0.05, 0) is 66.7 Å². The van der Waals surface area contributed by atoms with Gasteiger partial charge in [-0.3, -0.25) is 4.90 Å². The fourth-order valence-electron chi connectivity index (χ4n) is 4.50. The molecule has 2 fully saturated rings. The highest BCUT2D eigenvalue weighted by Gasteiger charge is 2.41. The van der Waals surface area contributed by atoms with E-state index in [0.717, 1.165) is 48.5 Å². The van der Waals surface area contributed by atoms with Gasteiger partial charge in [-0.2, -0.15) is 0 Å². The van der Waals surface area contributed by atoms with Gasteiger partial charge >= 0.3 is 0 Å². The van der Waals surface area contributed by atoms with Gasteiger partial charge in [-0.1, -0.05) is 0 Å². The third-order valence-corrected chi connectivity index (χ3v) is 6.85. The van der Waals surface area contributed by atoms with Crippen molar-refractivity contribution in [1.29, 1.82) is 0 Å². The fourth-order valence-corrected chi connectivity index (χ4v) is 5.24. The molecule has 4 rings (SSSR count). The summed E-state index contributed by atoms with van der Waals surface area (Å²) in [5.74, 6) is 1.47. The highest BCUT2D eigenvalue weighted by Crippen LogP contribution is 2.47. The number of halogens is 1. The molecular formula is C22H32BrNO5. The molecule has 3 aliphatic rings. The minimum atomic E-state index is -0.488. The lowest BCUT2D eigenvalue weighted by molar-refractivity contribution is -0.149. The van der Waals surface area contributed by atoms with Gasteiger partial charge in [0.05, 0.1) is 35.5 Å². The lowest BCUT2D eigenvalue weighted by Gasteiger charge is -2.47. The van der Waals surface area contributed by atoms with Crippen molar-refractivity contribution >= 4 is 15.9 Å². The molecule has 0 amide bonds. The Morgan fingerprint density at radius 3 is 2.72 bits per heavy atom. The van der Waals surface area contributed by atoms with Crippen LogP contribution in [0.5, 0.6) is 11.5 Å². The van der Waals surface area contributed by atoms with Crippen LogP contribution in [0, 0.1) is 0 Å². The van der Waals surface area contributed by atoms with Gasteiger partial charge in [0, 0.05) is 32.2 Å². The van der Waals surface area contributed by atoms with Gasteiger partial charge in [0.1, 0.15) is 6.61 Å². The summed E-state index contributed by atoms with van der Waals surface area (Å²) in [6.45, 7) is 9.13. The van der Waals surface area contributed by atoms with Crippen molar-refractivity contribution < 1.29 is 24.1 Å². The predicted octanol–water partition coefficient (Wildman–Crippen LogP) is 3.47. The molecule has 6 nitrogen and oxygen atoms in total. The van der Waals surface area contributed by atoms with Crippen molar-refractivity contribution in [3.05, 3.63) is 21.7 Å².